The van der Waals surface area contributed by atoms with Crippen LogP contribution in [0, 0.1) is 17.5 Å². The third-order valence-corrected chi connectivity index (χ3v) is 4.86. The van der Waals surface area contributed by atoms with Crippen LogP contribution in [-0.4, -0.2) is 24.3 Å². The second-order valence-corrected chi connectivity index (χ2v) is 6.61. The zero-order valence-corrected chi connectivity index (χ0v) is 16.1. The highest BCUT2D eigenvalue weighted by atomic mass is 19.2. The standard InChI is InChI=1S/C23H14F3NO4/c1-2-31-23(30)27(12-8-4-3-5-9-12)20-18(25)16-15(17(24)19(20)26)21(28)13-10-6-7-11-14(13)22(16)29/h3-11H,2H2,1H3. The largest absolute Gasteiger partial charge is 0.449 e. The second kappa shape index (κ2) is 7.71. The van der Waals surface area contributed by atoms with Gasteiger partial charge in [-0.2, -0.15) is 0 Å². The maximum absolute atomic E-state index is 15.6. The van der Waals surface area contributed by atoms with E-state index in [1.165, 1.54) is 55.5 Å². The summed E-state index contributed by atoms with van der Waals surface area (Å²) >= 11 is 0. The Bertz CT molecular complexity index is 1240. The van der Waals surface area contributed by atoms with Crippen LogP contribution in [-0.2, 0) is 4.74 Å². The van der Waals surface area contributed by atoms with E-state index < -0.39 is 51.9 Å². The summed E-state index contributed by atoms with van der Waals surface area (Å²) in [5.41, 5.74) is -3.38. The number of para-hydroxylation sites is 1. The lowest BCUT2D eigenvalue weighted by Gasteiger charge is -2.26. The number of hydrogen-bond acceptors (Lipinski definition) is 4. The van der Waals surface area contributed by atoms with Crippen molar-refractivity contribution in [2.75, 3.05) is 11.5 Å². The molecule has 0 bridgehead atoms. The Labute approximate surface area is 174 Å². The Balaban J connectivity index is 2.03. The number of halogens is 3. The maximum Gasteiger partial charge on any atom is 0.419 e. The fourth-order valence-electron chi connectivity index (χ4n) is 3.51. The normalized spacial score (nSPS) is 12.3. The molecule has 0 aromatic heterocycles. The Morgan fingerprint density at radius 2 is 1.32 bits per heavy atom. The van der Waals surface area contributed by atoms with Gasteiger partial charge in [-0.25, -0.2) is 22.9 Å². The first kappa shape index (κ1) is 20.3. The fourth-order valence-corrected chi connectivity index (χ4v) is 3.51. The van der Waals surface area contributed by atoms with Gasteiger partial charge in [0.1, 0.15) is 5.69 Å². The van der Waals surface area contributed by atoms with E-state index in [4.69, 9.17) is 4.74 Å². The minimum absolute atomic E-state index is 0.0203. The molecule has 0 atom stereocenters. The van der Waals surface area contributed by atoms with Crippen molar-refractivity contribution in [2.45, 2.75) is 6.92 Å². The van der Waals surface area contributed by atoms with E-state index in [0.717, 1.165) is 0 Å². The molecule has 0 fully saturated rings. The van der Waals surface area contributed by atoms with Crippen molar-refractivity contribution in [1.82, 2.24) is 0 Å². The highest BCUT2D eigenvalue weighted by molar-refractivity contribution is 6.29. The number of rotatable bonds is 3. The number of ketones is 2. The van der Waals surface area contributed by atoms with Crippen LogP contribution < -0.4 is 4.90 Å². The minimum Gasteiger partial charge on any atom is -0.449 e. The Morgan fingerprint density at radius 3 is 1.87 bits per heavy atom. The summed E-state index contributed by atoms with van der Waals surface area (Å²) in [5.74, 6) is -7.04. The third kappa shape index (κ3) is 3.07. The van der Waals surface area contributed by atoms with Crippen LogP contribution in [0.25, 0.3) is 0 Å². The molecule has 0 unspecified atom stereocenters. The summed E-state index contributed by atoms with van der Waals surface area (Å²) in [4.78, 5) is 38.7. The number of benzene rings is 3. The zero-order valence-electron chi connectivity index (χ0n) is 16.1. The van der Waals surface area contributed by atoms with Crippen molar-refractivity contribution in [2.24, 2.45) is 0 Å². The van der Waals surface area contributed by atoms with E-state index in [1.807, 2.05) is 0 Å². The molecule has 0 spiro atoms. The first-order valence-corrected chi connectivity index (χ1v) is 9.29. The van der Waals surface area contributed by atoms with Crippen LogP contribution >= 0.6 is 0 Å². The number of amides is 1. The van der Waals surface area contributed by atoms with Crippen LogP contribution in [0.4, 0.5) is 29.3 Å². The minimum atomic E-state index is -1.78. The van der Waals surface area contributed by atoms with Gasteiger partial charge in [-0.05, 0) is 19.1 Å². The molecular weight excluding hydrogens is 411 g/mol. The highest BCUT2D eigenvalue weighted by Gasteiger charge is 2.41. The Kier molecular flexibility index (Phi) is 5.06. The van der Waals surface area contributed by atoms with Crippen molar-refractivity contribution < 1.29 is 32.3 Å². The van der Waals surface area contributed by atoms with E-state index in [0.29, 0.717) is 4.90 Å². The molecule has 0 saturated heterocycles. The molecule has 3 aromatic carbocycles. The lowest BCUT2D eigenvalue weighted by molar-refractivity contribution is 0.0971. The number of nitrogens with zero attached hydrogens (tertiary/aromatic N) is 1. The molecule has 8 heteroatoms. The smallest absolute Gasteiger partial charge is 0.419 e. The first-order chi connectivity index (χ1) is 14.9. The van der Waals surface area contributed by atoms with E-state index in [9.17, 15) is 14.4 Å². The molecule has 4 rings (SSSR count). The van der Waals surface area contributed by atoms with Crippen molar-refractivity contribution in [3.63, 3.8) is 0 Å². The molecule has 0 heterocycles. The van der Waals surface area contributed by atoms with E-state index in [2.05, 4.69) is 0 Å². The molecule has 31 heavy (non-hydrogen) atoms. The lowest BCUT2D eigenvalue weighted by Crippen LogP contribution is -2.32. The molecule has 0 N–H and O–H groups in total. The van der Waals surface area contributed by atoms with Crippen LogP contribution in [0.15, 0.2) is 54.6 Å². The molecule has 156 valence electrons. The van der Waals surface area contributed by atoms with Gasteiger partial charge in [-0.1, -0.05) is 42.5 Å². The van der Waals surface area contributed by atoms with Crippen molar-refractivity contribution in [1.29, 1.82) is 0 Å². The van der Waals surface area contributed by atoms with Gasteiger partial charge in [0.2, 0.25) is 0 Å². The average molecular weight is 425 g/mol. The number of ether oxygens (including phenoxy) is 1. The molecule has 0 radical (unpaired) electrons. The van der Waals surface area contributed by atoms with Gasteiger partial charge in [0.25, 0.3) is 0 Å². The maximum atomic E-state index is 15.6. The molecule has 3 aromatic rings. The molecule has 1 aliphatic carbocycles. The highest BCUT2D eigenvalue weighted by Crippen LogP contribution is 2.40. The summed E-state index contributed by atoms with van der Waals surface area (Å²) in [7, 11) is 0. The first-order valence-electron chi connectivity index (χ1n) is 9.29. The second-order valence-electron chi connectivity index (χ2n) is 6.61. The van der Waals surface area contributed by atoms with Crippen LogP contribution in [0.5, 0.6) is 0 Å². The number of carbonyl (C=O) groups is 3. The zero-order chi connectivity index (χ0) is 22.3. The van der Waals surface area contributed by atoms with Crippen LogP contribution in [0.2, 0.25) is 0 Å². The average Bonchev–Trinajstić information content (AvgIpc) is 2.78. The monoisotopic (exact) mass is 425 g/mol. The van der Waals surface area contributed by atoms with Gasteiger partial charge >= 0.3 is 6.09 Å². The fraction of sp³-hybridized carbons (Fsp3) is 0.0870. The van der Waals surface area contributed by atoms with Crippen LogP contribution in [0.1, 0.15) is 38.8 Å². The van der Waals surface area contributed by atoms with Gasteiger partial charge in [0.05, 0.1) is 23.4 Å². The number of fused-ring (bicyclic) bond motifs is 2. The van der Waals surface area contributed by atoms with Crippen molar-refractivity contribution in [3.05, 3.63) is 94.3 Å². The Morgan fingerprint density at radius 1 is 0.806 bits per heavy atom. The SMILES string of the molecule is CCOC(=O)N(c1ccccc1)c1c(F)c(F)c2c(c1F)C(=O)c1ccccc1C2=O. The number of anilines is 2. The summed E-state index contributed by atoms with van der Waals surface area (Å²) in [5, 5.41) is 0. The number of carbonyl (C=O) groups excluding carboxylic acids is 3. The van der Waals surface area contributed by atoms with Crippen molar-refractivity contribution >= 4 is 29.0 Å². The Hall–Kier alpha value is -3.94. The van der Waals surface area contributed by atoms with E-state index in [-0.39, 0.29) is 23.4 Å². The molecule has 1 aliphatic rings. The summed E-state index contributed by atoms with van der Waals surface area (Å²) in [6, 6.07) is 12.8. The van der Waals surface area contributed by atoms with Crippen molar-refractivity contribution in [3.8, 4) is 0 Å². The molecule has 0 aliphatic heterocycles. The summed E-state index contributed by atoms with van der Waals surface area (Å²) < 4.78 is 50.7. The van der Waals surface area contributed by atoms with Crippen LogP contribution in [0.3, 0.4) is 0 Å². The predicted octanol–water partition coefficient (Wildman–Crippen LogP) is 5.17. The van der Waals surface area contributed by atoms with Gasteiger partial charge < -0.3 is 4.74 Å². The molecule has 1 amide bonds. The molecule has 0 saturated carbocycles. The van der Waals surface area contributed by atoms with E-state index >= 15 is 13.2 Å². The molecular formula is C23H14F3NO4. The summed E-state index contributed by atoms with van der Waals surface area (Å²) in [6.45, 7) is 1.37. The lowest BCUT2D eigenvalue weighted by atomic mass is 9.83. The van der Waals surface area contributed by atoms with Gasteiger partial charge in [-0.3, -0.25) is 9.59 Å². The van der Waals surface area contributed by atoms with E-state index in [1.54, 1.807) is 6.07 Å². The molecule has 5 nitrogen and oxygen atoms in total. The van der Waals surface area contributed by atoms with Gasteiger partial charge in [-0.15, -0.1) is 0 Å². The third-order valence-electron chi connectivity index (χ3n) is 4.86. The van der Waals surface area contributed by atoms with Gasteiger partial charge in [0, 0.05) is 11.1 Å². The summed E-state index contributed by atoms with van der Waals surface area (Å²) in [6.07, 6.45) is -1.18. The number of hydrogen-bond donors (Lipinski definition) is 0. The predicted molar refractivity (Wildman–Crippen MR) is 105 cm³/mol. The topological polar surface area (TPSA) is 63.7 Å². The quantitative estimate of drug-likeness (QED) is 0.425. The van der Waals surface area contributed by atoms with Gasteiger partial charge in [0.15, 0.2) is 29.0 Å².